The van der Waals surface area contributed by atoms with Crippen molar-refractivity contribution in [2.45, 2.75) is 6.04 Å². The molecular formula is C22H21FN2O5. The number of halogens is 1. The number of Topliss-reactive ketones (excluding diaryl/α,β-unsaturated/α-hetero) is 1. The Morgan fingerprint density at radius 2 is 1.83 bits per heavy atom. The van der Waals surface area contributed by atoms with Crippen LogP contribution in [0, 0.1) is 5.82 Å². The lowest BCUT2D eigenvalue weighted by atomic mass is 9.95. The Labute approximate surface area is 172 Å². The van der Waals surface area contributed by atoms with Gasteiger partial charge in [0.25, 0.3) is 11.7 Å². The SMILES string of the molecule is CN(C)CCN1C(=O)C(=O)/C(=C(/O)c2ccc3c(c2)OCO3)C1c1ccc(F)cc1. The summed E-state index contributed by atoms with van der Waals surface area (Å²) in [6, 6.07) is 9.53. The maximum Gasteiger partial charge on any atom is 0.295 e. The molecule has 1 amide bonds. The number of nitrogens with zero attached hydrogens (tertiary/aromatic N) is 2. The molecule has 0 aromatic heterocycles. The first-order chi connectivity index (χ1) is 14.4. The maximum absolute atomic E-state index is 13.5. The van der Waals surface area contributed by atoms with Crippen LogP contribution in [0.25, 0.3) is 5.76 Å². The van der Waals surface area contributed by atoms with E-state index in [4.69, 9.17) is 9.47 Å². The Bertz CT molecular complexity index is 1030. The summed E-state index contributed by atoms with van der Waals surface area (Å²) in [6.07, 6.45) is 0. The van der Waals surface area contributed by atoms with Crippen molar-refractivity contribution in [1.29, 1.82) is 0 Å². The fourth-order valence-electron chi connectivity index (χ4n) is 3.61. The molecule has 1 atom stereocenters. The summed E-state index contributed by atoms with van der Waals surface area (Å²) in [5, 5.41) is 11.0. The summed E-state index contributed by atoms with van der Waals surface area (Å²) in [6.45, 7) is 0.871. The third kappa shape index (κ3) is 3.50. The lowest BCUT2D eigenvalue weighted by Gasteiger charge is -2.26. The average molecular weight is 412 g/mol. The standard InChI is InChI=1S/C22H21FN2O5/c1-24(2)9-10-25-19(13-3-6-15(23)7-4-13)18(21(27)22(25)28)20(26)14-5-8-16-17(11-14)30-12-29-16/h3-8,11,19,26H,9-10,12H2,1-2H3/b20-18+. The predicted octanol–water partition coefficient (Wildman–Crippen LogP) is 2.54. The molecule has 1 saturated heterocycles. The molecule has 0 spiro atoms. The van der Waals surface area contributed by atoms with Crippen LogP contribution in [0.3, 0.4) is 0 Å². The number of likely N-dealkylation sites (N-methyl/N-ethyl adjacent to an activating group) is 1. The Balaban J connectivity index is 1.82. The molecule has 1 fully saturated rings. The van der Waals surface area contributed by atoms with Crippen LogP contribution in [-0.2, 0) is 9.59 Å². The molecule has 1 unspecified atom stereocenters. The maximum atomic E-state index is 13.5. The summed E-state index contributed by atoms with van der Waals surface area (Å²) in [5.41, 5.74) is 0.831. The van der Waals surface area contributed by atoms with E-state index >= 15 is 0 Å². The molecule has 2 aliphatic rings. The molecule has 8 heteroatoms. The van der Waals surface area contributed by atoms with Crippen LogP contribution in [-0.4, -0.2) is 60.6 Å². The van der Waals surface area contributed by atoms with E-state index < -0.39 is 23.5 Å². The van der Waals surface area contributed by atoms with E-state index in [0.29, 0.717) is 29.2 Å². The minimum atomic E-state index is -0.823. The second kappa shape index (κ2) is 7.79. The van der Waals surface area contributed by atoms with Gasteiger partial charge in [0.15, 0.2) is 11.5 Å². The summed E-state index contributed by atoms with van der Waals surface area (Å²) < 4.78 is 24.1. The number of benzene rings is 2. The van der Waals surface area contributed by atoms with Crippen molar-refractivity contribution in [3.63, 3.8) is 0 Å². The topological polar surface area (TPSA) is 79.3 Å². The predicted molar refractivity (Wildman–Crippen MR) is 107 cm³/mol. The molecule has 0 radical (unpaired) electrons. The largest absolute Gasteiger partial charge is 0.507 e. The number of hydrogen-bond acceptors (Lipinski definition) is 6. The van der Waals surface area contributed by atoms with Crippen molar-refractivity contribution in [2.75, 3.05) is 34.0 Å². The molecule has 2 aromatic rings. The second-order valence-corrected chi connectivity index (χ2v) is 7.42. The molecule has 0 bridgehead atoms. The lowest BCUT2D eigenvalue weighted by molar-refractivity contribution is -0.140. The summed E-state index contributed by atoms with van der Waals surface area (Å²) >= 11 is 0. The van der Waals surface area contributed by atoms with E-state index in [1.54, 1.807) is 18.2 Å². The molecule has 0 aliphatic carbocycles. The van der Waals surface area contributed by atoms with Crippen LogP contribution >= 0.6 is 0 Å². The second-order valence-electron chi connectivity index (χ2n) is 7.42. The summed E-state index contributed by atoms with van der Waals surface area (Å²) in [5.74, 6) is -1.24. The van der Waals surface area contributed by atoms with E-state index in [1.807, 2.05) is 19.0 Å². The van der Waals surface area contributed by atoms with Crippen molar-refractivity contribution in [2.24, 2.45) is 0 Å². The smallest absolute Gasteiger partial charge is 0.295 e. The molecule has 4 rings (SSSR count). The zero-order valence-corrected chi connectivity index (χ0v) is 16.6. The van der Waals surface area contributed by atoms with Crippen molar-refractivity contribution in [3.05, 3.63) is 65.0 Å². The quantitative estimate of drug-likeness (QED) is 0.462. The van der Waals surface area contributed by atoms with Crippen LogP contribution in [0.1, 0.15) is 17.2 Å². The minimum Gasteiger partial charge on any atom is -0.507 e. The average Bonchev–Trinajstić information content (AvgIpc) is 3.29. The summed E-state index contributed by atoms with van der Waals surface area (Å²) in [4.78, 5) is 29.0. The van der Waals surface area contributed by atoms with Crippen LogP contribution in [0.15, 0.2) is 48.0 Å². The fraction of sp³-hybridized carbons (Fsp3) is 0.273. The minimum absolute atomic E-state index is 0.0378. The molecule has 7 nitrogen and oxygen atoms in total. The van der Waals surface area contributed by atoms with E-state index in [9.17, 15) is 19.1 Å². The normalized spacial score (nSPS) is 19.7. The number of aliphatic hydroxyl groups is 1. The van der Waals surface area contributed by atoms with Gasteiger partial charge in [-0.2, -0.15) is 0 Å². The fourth-order valence-corrected chi connectivity index (χ4v) is 3.61. The third-order valence-corrected chi connectivity index (χ3v) is 5.16. The molecule has 2 heterocycles. The highest BCUT2D eigenvalue weighted by Gasteiger charge is 2.46. The Morgan fingerprint density at radius 3 is 2.53 bits per heavy atom. The summed E-state index contributed by atoms with van der Waals surface area (Å²) in [7, 11) is 3.71. The van der Waals surface area contributed by atoms with Gasteiger partial charge < -0.3 is 24.4 Å². The van der Waals surface area contributed by atoms with E-state index in [2.05, 4.69) is 0 Å². The number of hydrogen-bond donors (Lipinski definition) is 1. The van der Waals surface area contributed by atoms with Crippen molar-refractivity contribution in [3.8, 4) is 11.5 Å². The number of likely N-dealkylation sites (tertiary alicyclic amines) is 1. The molecule has 2 aromatic carbocycles. The molecule has 0 saturated carbocycles. The third-order valence-electron chi connectivity index (χ3n) is 5.16. The number of ketones is 1. The van der Waals surface area contributed by atoms with Gasteiger partial charge in [0.2, 0.25) is 6.79 Å². The number of ether oxygens (including phenoxy) is 2. The van der Waals surface area contributed by atoms with Crippen molar-refractivity contribution >= 4 is 17.4 Å². The van der Waals surface area contributed by atoms with Crippen LogP contribution in [0.5, 0.6) is 11.5 Å². The zero-order valence-electron chi connectivity index (χ0n) is 16.6. The number of aliphatic hydroxyl groups excluding tert-OH is 1. The number of carbonyl (C=O) groups is 2. The first-order valence-electron chi connectivity index (χ1n) is 9.45. The number of carbonyl (C=O) groups excluding carboxylic acids is 2. The van der Waals surface area contributed by atoms with E-state index in [1.165, 1.54) is 29.2 Å². The molecule has 2 aliphatic heterocycles. The number of rotatable bonds is 5. The first-order valence-corrected chi connectivity index (χ1v) is 9.45. The van der Waals surface area contributed by atoms with Gasteiger partial charge >= 0.3 is 0 Å². The number of fused-ring (bicyclic) bond motifs is 1. The molecule has 30 heavy (non-hydrogen) atoms. The van der Waals surface area contributed by atoms with Crippen LogP contribution in [0.4, 0.5) is 4.39 Å². The van der Waals surface area contributed by atoms with Gasteiger partial charge in [-0.05, 0) is 50.0 Å². The molecule has 1 N–H and O–H groups in total. The van der Waals surface area contributed by atoms with Gasteiger partial charge in [-0.15, -0.1) is 0 Å². The van der Waals surface area contributed by atoms with Crippen LogP contribution in [0.2, 0.25) is 0 Å². The van der Waals surface area contributed by atoms with Gasteiger partial charge in [-0.25, -0.2) is 4.39 Å². The van der Waals surface area contributed by atoms with E-state index in [-0.39, 0.29) is 24.7 Å². The Hall–Kier alpha value is -3.39. The van der Waals surface area contributed by atoms with Gasteiger partial charge in [-0.3, -0.25) is 9.59 Å². The van der Waals surface area contributed by atoms with Crippen molar-refractivity contribution in [1.82, 2.24) is 9.80 Å². The highest BCUT2D eigenvalue weighted by atomic mass is 19.1. The monoisotopic (exact) mass is 412 g/mol. The van der Waals surface area contributed by atoms with Gasteiger partial charge in [0.05, 0.1) is 11.6 Å². The highest BCUT2D eigenvalue weighted by Crippen LogP contribution is 2.41. The Morgan fingerprint density at radius 1 is 1.13 bits per heavy atom. The lowest BCUT2D eigenvalue weighted by Crippen LogP contribution is -2.35. The van der Waals surface area contributed by atoms with E-state index in [0.717, 1.165) is 0 Å². The van der Waals surface area contributed by atoms with Gasteiger partial charge in [0.1, 0.15) is 11.6 Å². The van der Waals surface area contributed by atoms with Crippen molar-refractivity contribution < 1.29 is 28.6 Å². The van der Waals surface area contributed by atoms with Gasteiger partial charge in [-0.1, -0.05) is 12.1 Å². The Kier molecular flexibility index (Phi) is 5.17. The van der Waals surface area contributed by atoms with Gasteiger partial charge in [0, 0.05) is 18.7 Å². The van der Waals surface area contributed by atoms with Crippen LogP contribution < -0.4 is 9.47 Å². The zero-order chi connectivity index (χ0) is 21.4. The molecule has 156 valence electrons. The first kappa shape index (κ1) is 19.9. The highest BCUT2D eigenvalue weighted by molar-refractivity contribution is 6.46. The number of amides is 1. The molecular weight excluding hydrogens is 391 g/mol.